The lowest BCUT2D eigenvalue weighted by atomic mass is 10.1. The molecule has 6 nitrogen and oxygen atoms in total. The molecule has 0 aliphatic carbocycles. The number of aromatic carboxylic acids is 1. The Morgan fingerprint density at radius 2 is 2.28 bits per heavy atom. The first-order chi connectivity index (χ1) is 8.47. The molecule has 0 aromatic heterocycles. The van der Waals surface area contributed by atoms with Gasteiger partial charge in [-0.25, -0.2) is 9.18 Å². The number of carboxylic acid groups (broad SMARTS) is 1. The van der Waals surface area contributed by atoms with Crippen LogP contribution < -0.4 is 4.74 Å². The monoisotopic (exact) mass is 253 g/mol. The third-order valence-corrected chi connectivity index (χ3v) is 1.98. The molecule has 0 aliphatic heterocycles. The maximum absolute atomic E-state index is 13.3. The zero-order valence-electron chi connectivity index (χ0n) is 9.05. The molecular formula is C11H8FNO5. The van der Waals surface area contributed by atoms with Crippen molar-refractivity contribution >= 4 is 11.7 Å². The number of hydrogen-bond acceptors (Lipinski definition) is 4. The van der Waals surface area contributed by atoms with E-state index in [1.54, 1.807) is 0 Å². The summed E-state index contributed by atoms with van der Waals surface area (Å²) in [5.74, 6) is -0.801. The normalized spacial score (nSPS) is 9.56. The number of rotatable bonds is 5. The molecule has 0 saturated heterocycles. The molecule has 7 heteroatoms. The average molecular weight is 253 g/mol. The Kier molecular flexibility index (Phi) is 4.21. The lowest BCUT2D eigenvalue weighted by Crippen LogP contribution is -2.05. The van der Waals surface area contributed by atoms with Gasteiger partial charge in [-0.1, -0.05) is 0 Å². The minimum absolute atomic E-state index is 0.0246. The second-order valence-corrected chi connectivity index (χ2v) is 3.16. The van der Waals surface area contributed by atoms with E-state index in [4.69, 9.17) is 16.3 Å². The molecule has 18 heavy (non-hydrogen) atoms. The molecule has 0 bridgehead atoms. The lowest BCUT2D eigenvalue weighted by molar-refractivity contribution is -0.385. The Bertz CT molecular complexity index is 535. The molecule has 0 unspecified atom stereocenters. The average Bonchev–Trinajstić information content (AvgIpc) is 2.28. The van der Waals surface area contributed by atoms with Gasteiger partial charge in [0.1, 0.15) is 11.4 Å². The highest BCUT2D eigenvalue weighted by Crippen LogP contribution is 2.30. The Balaban J connectivity index is 3.17. The summed E-state index contributed by atoms with van der Waals surface area (Å²) in [6.07, 6.45) is 5.16. The first kappa shape index (κ1) is 13.4. The molecule has 1 aromatic carbocycles. The lowest BCUT2D eigenvalue weighted by Gasteiger charge is -2.06. The highest BCUT2D eigenvalue weighted by atomic mass is 19.1. The van der Waals surface area contributed by atoms with E-state index < -0.39 is 28.0 Å². The van der Waals surface area contributed by atoms with Crippen molar-refractivity contribution in [2.75, 3.05) is 6.61 Å². The highest BCUT2D eigenvalue weighted by Gasteiger charge is 2.22. The van der Waals surface area contributed by atoms with Gasteiger partial charge < -0.3 is 9.84 Å². The van der Waals surface area contributed by atoms with Crippen LogP contribution in [0.2, 0.25) is 0 Å². The van der Waals surface area contributed by atoms with Crippen LogP contribution in [0, 0.1) is 28.3 Å². The summed E-state index contributed by atoms with van der Waals surface area (Å²) in [6, 6.07) is 1.28. The van der Waals surface area contributed by atoms with Crippen LogP contribution in [-0.2, 0) is 0 Å². The Morgan fingerprint density at radius 3 is 2.78 bits per heavy atom. The number of nitro groups is 1. The standard InChI is InChI=1S/C11H8FNO5/c1-2-3-4-18-10-6-8(12)7(11(14)15)5-9(10)13(16)17/h1,5-6H,3-4H2,(H,14,15). The summed E-state index contributed by atoms with van der Waals surface area (Å²) in [5.41, 5.74) is -1.41. The predicted octanol–water partition coefficient (Wildman–Crippen LogP) is 1.83. The predicted molar refractivity (Wildman–Crippen MR) is 59.0 cm³/mol. The van der Waals surface area contributed by atoms with Gasteiger partial charge in [-0.15, -0.1) is 12.3 Å². The number of carboxylic acids is 1. The van der Waals surface area contributed by atoms with Gasteiger partial charge >= 0.3 is 11.7 Å². The molecule has 0 radical (unpaired) electrons. The van der Waals surface area contributed by atoms with Crippen LogP contribution in [0.15, 0.2) is 12.1 Å². The number of carbonyl (C=O) groups is 1. The fourth-order valence-corrected chi connectivity index (χ4v) is 1.19. The number of terminal acetylenes is 1. The molecule has 0 fully saturated rings. The summed E-state index contributed by atoms with van der Waals surface area (Å²) in [7, 11) is 0. The number of hydrogen-bond donors (Lipinski definition) is 1. The molecule has 1 rings (SSSR count). The minimum Gasteiger partial charge on any atom is -0.486 e. The third kappa shape index (κ3) is 2.95. The van der Waals surface area contributed by atoms with Gasteiger partial charge in [0, 0.05) is 18.6 Å². The first-order valence-electron chi connectivity index (χ1n) is 4.75. The topological polar surface area (TPSA) is 89.7 Å². The van der Waals surface area contributed by atoms with Crippen molar-refractivity contribution in [2.45, 2.75) is 6.42 Å². The van der Waals surface area contributed by atoms with Gasteiger partial charge in [0.2, 0.25) is 0 Å². The van der Waals surface area contributed by atoms with E-state index in [-0.39, 0.29) is 18.8 Å². The van der Waals surface area contributed by atoms with Gasteiger partial charge in [-0.05, 0) is 0 Å². The number of halogens is 1. The second kappa shape index (κ2) is 5.63. The summed E-state index contributed by atoms with van der Waals surface area (Å²) in [6.45, 7) is -0.0246. The third-order valence-electron chi connectivity index (χ3n) is 1.98. The summed E-state index contributed by atoms with van der Waals surface area (Å²) in [4.78, 5) is 20.5. The fourth-order valence-electron chi connectivity index (χ4n) is 1.19. The van der Waals surface area contributed by atoms with Crippen molar-refractivity contribution in [1.29, 1.82) is 0 Å². The van der Waals surface area contributed by atoms with E-state index in [0.717, 1.165) is 0 Å². The molecule has 0 amide bonds. The van der Waals surface area contributed by atoms with Crippen molar-refractivity contribution in [3.05, 3.63) is 33.6 Å². The number of benzene rings is 1. The maximum atomic E-state index is 13.3. The van der Waals surface area contributed by atoms with Crippen molar-refractivity contribution in [2.24, 2.45) is 0 Å². The zero-order valence-corrected chi connectivity index (χ0v) is 9.05. The van der Waals surface area contributed by atoms with E-state index in [2.05, 4.69) is 5.92 Å². The molecule has 1 N–H and O–H groups in total. The minimum atomic E-state index is -1.59. The van der Waals surface area contributed by atoms with E-state index in [9.17, 15) is 19.3 Å². The number of nitrogens with zero attached hydrogens (tertiary/aromatic N) is 1. The van der Waals surface area contributed by atoms with Crippen LogP contribution in [-0.4, -0.2) is 22.6 Å². The Morgan fingerprint density at radius 1 is 1.61 bits per heavy atom. The van der Waals surface area contributed by atoms with E-state index in [1.165, 1.54) is 0 Å². The van der Waals surface area contributed by atoms with Crippen LogP contribution >= 0.6 is 0 Å². The van der Waals surface area contributed by atoms with Crippen LogP contribution in [0.4, 0.5) is 10.1 Å². The van der Waals surface area contributed by atoms with Crippen LogP contribution in [0.1, 0.15) is 16.8 Å². The number of ether oxygens (including phenoxy) is 1. The largest absolute Gasteiger partial charge is 0.486 e. The summed E-state index contributed by atoms with van der Waals surface area (Å²) < 4.78 is 18.3. The van der Waals surface area contributed by atoms with E-state index in [0.29, 0.717) is 12.1 Å². The van der Waals surface area contributed by atoms with E-state index >= 15 is 0 Å². The van der Waals surface area contributed by atoms with Crippen LogP contribution in [0.5, 0.6) is 5.75 Å². The molecule has 0 heterocycles. The highest BCUT2D eigenvalue weighted by molar-refractivity contribution is 5.89. The second-order valence-electron chi connectivity index (χ2n) is 3.16. The van der Waals surface area contributed by atoms with Gasteiger partial charge in [0.15, 0.2) is 5.75 Å². The molecule has 0 spiro atoms. The van der Waals surface area contributed by atoms with Crippen molar-refractivity contribution < 1.29 is 24.0 Å². The number of nitro benzene ring substituents is 1. The molecule has 1 aromatic rings. The zero-order chi connectivity index (χ0) is 13.7. The van der Waals surface area contributed by atoms with Crippen molar-refractivity contribution in [3.8, 4) is 18.1 Å². The molecule has 94 valence electrons. The molecule has 0 saturated carbocycles. The van der Waals surface area contributed by atoms with Crippen LogP contribution in [0.3, 0.4) is 0 Å². The van der Waals surface area contributed by atoms with Gasteiger partial charge in [-0.2, -0.15) is 0 Å². The Hall–Kier alpha value is -2.62. The van der Waals surface area contributed by atoms with E-state index in [1.807, 2.05) is 0 Å². The smallest absolute Gasteiger partial charge is 0.338 e. The quantitative estimate of drug-likeness (QED) is 0.374. The SMILES string of the molecule is C#CCCOc1cc(F)c(C(=O)O)cc1[N+](=O)[O-]. The Labute approximate surface area is 101 Å². The summed E-state index contributed by atoms with van der Waals surface area (Å²) in [5, 5.41) is 19.4. The molecule has 0 aliphatic rings. The van der Waals surface area contributed by atoms with Crippen molar-refractivity contribution in [3.63, 3.8) is 0 Å². The van der Waals surface area contributed by atoms with Gasteiger partial charge in [-0.3, -0.25) is 10.1 Å². The van der Waals surface area contributed by atoms with Crippen LogP contribution in [0.25, 0.3) is 0 Å². The van der Waals surface area contributed by atoms with Gasteiger partial charge in [0.25, 0.3) is 0 Å². The molecule has 0 atom stereocenters. The van der Waals surface area contributed by atoms with Gasteiger partial charge in [0.05, 0.1) is 11.5 Å². The maximum Gasteiger partial charge on any atom is 0.338 e. The molecular weight excluding hydrogens is 245 g/mol. The fraction of sp³-hybridized carbons (Fsp3) is 0.182. The first-order valence-corrected chi connectivity index (χ1v) is 4.75. The summed E-state index contributed by atoms with van der Waals surface area (Å²) >= 11 is 0. The van der Waals surface area contributed by atoms with Crippen molar-refractivity contribution in [1.82, 2.24) is 0 Å².